The molecule has 1 aromatic heterocycles. The van der Waals surface area contributed by atoms with E-state index in [0.717, 1.165) is 25.3 Å². The van der Waals surface area contributed by atoms with E-state index in [9.17, 15) is 4.79 Å². The number of aromatic nitrogens is 2. The topological polar surface area (TPSA) is 49.0 Å². The molecular formula is C11H18IN3O. The third-order valence-electron chi connectivity index (χ3n) is 2.69. The van der Waals surface area contributed by atoms with Crippen LogP contribution < -0.4 is 10.5 Å². The molecule has 0 aliphatic heterocycles. The lowest BCUT2D eigenvalue weighted by atomic mass is 10.1. The molecule has 1 aromatic rings. The van der Waals surface area contributed by atoms with Gasteiger partial charge in [-0.25, -0.2) is 4.98 Å². The predicted octanol–water partition coefficient (Wildman–Crippen LogP) is 2.25. The first-order valence-electron chi connectivity index (χ1n) is 5.58. The fourth-order valence-corrected chi connectivity index (χ4v) is 2.10. The van der Waals surface area contributed by atoms with Gasteiger partial charge in [-0.3, -0.25) is 4.79 Å². The second-order valence-electron chi connectivity index (χ2n) is 3.92. The summed E-state index contributed by atoms with van der Waals surface area (Å²) in [6.07, 6.45) is 2.61. The van der Waals surface area contributed by atoms with Gasteiger partial charge in [0.1, 0.15) is 9.39 Å². The number of nitrogens with zero attached hydrogens (tertiary/aromatic N) is 2. The minimum absolute atomic E-state index is 0.0619. The van der Waals surface area contributed by atoms with Crippen molar-refractivity contribution >= 4 is 28.4 Å². The molecule has 0 amide bonds. The highest BCUT2D eigenvalue weighted by atomic mass is 127. The normalized spacial score (nSPS) is 12.5. The highest BCUT2D eigenvalue weighted by Gasteiger charge is 2.14. The van der Waals surface area contributed by atoms with Crippen molar-refractivity contribution in [2.45, 2.75) is 27.2 Å². The van der Waals surface area contributed by atoms with Gasteiger partial charge in [-0.15, -0.1) is 0 Å². The third kappa shape index (κ3) is 3.20. The Labute approximate surface area is 110 Å². The van der Waals surface area contributed by atoms with Crippen LogP contribution in [0.3, 0.4) is 0 Å². The summed E-state index contributed by atoms with van der Waals surface area (Å²) in [6, 6.07) is 0. The smallest absolute Gasteiger partial charge is 0.266 e. The summed E-state index contributed by atoms with van der Waals surface area (Å²) in [5, 5.41) is 0. The van der Waals surface area contributed by atoms with E-state index in [2.05, 4.69) is 58.2 Å². The van der Waals surface area contributed by atoms with Gasteiger partial charge in [0, 0.05) is 13.1 Å². The maximum absolute atomic E-state index is 11.5. The van der Waals surface area contributed by atoms with Gasteiger partial charge in [0.15, 0.2) is 0 Å². The number of aromatic amines is 1. The Morgan fingerprint density at radius 3 is 2.81 bits per heavy atom. The molecule has 1 atom stereocenters. The first-order chi connectivity index (χ1) is 7.60. The molecule has 4 nitrogen and oxygen atoms in total. The molecule has 1 rings (SSSR count). The molecule has 5 heteroatoms. The van der Waals surface area contributed by atoms with E-state index in [1.54, 1.807) is 0 Å². The molecule has 0 aliphatic carbocycles. The monoisotopic (exact) mass is 335 g/mol. The first kappa shape index (κ1) is 13.5. The molecule has 90 valence electrons. The van der Waals surface area contributed by atoms with Gasteiger partial charge >= 0.3 is 0 Å². The molecule has 0 radical (unpaired) electrons. The zero-order valence-corrected chi connectivity index (χ0v) is 12.1. The fourth-order valence-electron chi connectivity index (χ4n) is 1.46. The second-order valence-corrected chi connectivity index (χ2v) is 5.00. The molecule has 0 aromatic carbocycles. The molecular weight excluding hydrogens is 317 g/mol. The number of rotatable bonds is 5. The van der Waals surface area contributed by atoms with Crippen LogP contribution >= 0.6 is 22.6 Å². The van der Waals surface area contributed by atoms with E-state index in [-0.39, 0.29) is 5.56 Å². The van der Waals surface area contributed by atoms with Crippen LogP contribution in [0.25, 0.3) is 0 Å². The molecule has 0 aliphatic rings. The summed E-state index contributed by atoms with van der Waals surface area (Å²) in [4.78, 5) is 20.5. The van der Waals surface area contributed by atoms with Crippen LogP contribution in [0.2, 0.25) is 0 Å². The number of H-pyrrole nitrogens is 1. The van der Waals surface area contributed by atoms with Gasteiger partial charge < -0.3 is 9.88 Å². The van der Waals surface area contributed by atoms with E-state index in [0.29, 0.717) is 9.49 Å². The van der Waals surface area contributed by atoms with Gasteiger partial charge in [-0.2, -0.15) is 0 Å². The standard InChI is InChI=1S/C11H18IN3O/c1-4-8(3)6-15(5-2)10-9(12)11(16)14-7-13-10/h7-8H,4-6H2,1-3H3,(H,13,14,16). The second kappa shape index (κ2) is 6.22. The van der Waals surface area contributed by atoms with E-state index in [1.807, 2.05) is 0 Å². The van der Waals surface area contributed by atoms with Crippen molar-refractivity contribution < 1.29 is 0 Å². The molecule has 0 saturated carbocycles. The summed E-state index contributed by atoms with van der Waals surface area (Å²) in [5.74, 6) is 1.41. The van der Waals surface area contributed by atoms with Crippen LogP contribution in [-0.2, 0) is 0 Å². The van der Waals surface area contributed by atoms with Crippen LogP contribution in [0.4, 0.5) is 5.82 Å². The number of hydrogen-bond acceptors (Lipinski definition) is 3. The van der Waals surface area contributed by atoms with Crippen LogP contribution in [0.1, 0.15) is 27.2 Å². The zero-order valence-electron chi connectivity index (χ0n) is 9.96. The minimum atomic E-state index is -0.0619. The minimum Gasteiger partial charge on any atom is -0.356 e. The molecule has 1 unspecified atom stereocenters. The Hall–Kier alpha value is -0.590. The van der Waals surface area contributed by atoms with Gasteiger partial charge in [0.2, 0.25) is 0 Å². The maximum Gasteiger partial charge on any atom is 0.266 e. The van der Waals surface area contributed by atoms with Crippen LogP contribution in [0.15, 0.2) is 11.1 Å². The van der Waals surface area contributed by atoms with E-state index in [1.165, 1.54) is 6.33 Å². The highest BCUT2D eigenvalue weighted by molar-refractivity contribution is 14.1. The summed E-state index contributed by atoms with van der Waals surface area (Å²) in [5.41, 5.74) is -0.0619. The number of anilines is 1. The molecule has 1 N–H and O–H groups in total. The summed E-state index contributed by atoms with van der Waals surface area (Å²) < 4.78 is 0.672. The molecule has 0 bridgehead atoms. The average molecular weight is 335 g/mol. The van der Waals surface area contributed by atoms with Crippen LogP contribution in [0.5, 0.6) is 0 Å². The number of halogens is 1. The summed E-state index contributed by atoms with van der Waals surface area (Å²) >= 11 is 2.05. The van der Waals surface area contributed by atoms with E-state index in [4.69, 9.17) is 0 Å². The number of hydrogen-bond donors (Lipinski definition) is 1. The Morgan fingerprint density at radius 1 is 1.56 bits per heavy atom. The Balaban J connectivity index is 2.95. The van der Waals surface area contributed by atoms with E-state index < -0.39 is 0 Å². The Kier molecular flexibility index (Phi) is 5.24. The lowest BCUT2D eigenvalue weighted by Crippen LogP contribution is -2.31. The Morgan fingerprint density at radius 2 is 2.25 bits per heavy atom. The first-order valence-corrected chi connectivity index (χ1v) is 6.66. The average Bonchev–Trinajstić information content (AvgIpc) is 2.29. The fraction of sp³-hybridized carbons (Fsp3) is 0.636. The molecule has 16 heavy (non-hydrogen) atoms. The third-order valence-corrected chi connectivity index (χ3v) is 3.66. The summed E-state index contributed by atoms with van der Waals surface area (Å²) in [6.45, 7) is 8.29. The van der Waals surface area contributed by atoms with Crippen molar-refractivity contribution in [1.82, 2.24) is 9.97 Å². The lowest BCUT2D eigenvalue weighted by molar-refractivity contribution is 0.544. The lowest BCUT2D eigenvalue weighted by Gasteiger charge is -2.25. The molecule has 1 heterocycles. The summed E-state index contributed by atoms with van der Waals surface area (Å²) in [7, 11) is 0. The van der Waals surface area contributed by atoms with Gasteiger partial charge in [0.25, 0.3) is 5.56 Å². The van der Waals surface area contributed by atoms with Gasteiger partial charge in [-0.1, -0.05) is 20.3 Å². The van der Waals surface area contributed by atoms with Crippen molar-refractivity contribution in [1.29, 1.82) is 0 Å². The highest BCUT2D eigenvalue weighted by Crippen LogP contribution is 2.17. The van der Waals surface area contributed by atoms with Crippen molar-refractivity contribution in [2.75, 3.05) is 18.0 Å². The Bertz CT molecular complexity index is 391. The van der Waals surface area contributed by atoms with Crippen molar-refractivity contribution in [3.63, 3.8) is 0 Å². The van der Waals surface area contributed by atoms with Crippen LogP contribution in [-0.4, -0.2) is 23.1 Å². The van der Waals surface area contributed by atoms with Gasteiger partial charge in [0.05, 0.1) is 6.33 Å². The molecule has 0 fully saturated rings. The largest absolute Gasteiger partial charge is 0.356 e. The van der Waals surface area contributed by atoms with Crippen molar-refractivity contribution in [3.8, 4) is 0 Å². The number of nitrogens with one attached hydrogen (secondary N) is 1. The predicted molar refractivity (Wildman–Crippen MR) is 74.9 cm³/mol. The van der Waals surface area contributed by atoms with Crippen LogP contribution in [0, 0.1) is 9.49 Å². The quantitative estimate of drug-likeness (QED) is 0.840. The van der Waals surface area contributed by atoms with Gasteiger partial charge in [-0.05, 0) is 35.4 Å². The molecule has 0 spiro atoms. The molecule has 0 saturated heterocycles. The SMILES string of the molecule is CCC(C)CN(CC)c1nc[nH]c(=O)c1I. The zero-order chi connectivity index (χ0) is 12.1. The van der Waals surface area contributed by atoms with Crippen molar-refractivity contribution in [3.05, 3.63) is 20.3 Å². The maximum atomic E-state index is 11.5. The van der Waals surface area contributed by atoms with Crippen molar-refractivity contribution in [2.24, 2.45) is 5.92 Å². The van der Waals surface area contributed by atoms with E-state index >= 15 is 0 Å².